The largest absolute Gasteiger partial charge is 0.495 e. The van der Waals surface area contributed by atoms with Gasteiger partial charge in [0.25, 0.3) is 0 Å². The van der Waals surface area contributed by atoms with Crippen molar-refractivity contribution in [3.8, 4) is 17.2 Å². The molecule has 1 fully saturated rings. The van der Waals surface area contributed by atoms with Gasteiger partial charge in [-0.2, -0.15) is 0 Å². The Morgan fingerprint density at radius 2 is 1.91 bits per heavy atom. The smallest absolute Gasteiger partial charge is 0.136 e. The van der Waals surface area contributed by atoms with Gasteiger partial charge in [-0.15, -0.1) is 5.54 Å². The number of likely N-dealkylation sites (tertiary alicyclic amines) is 1. The van der Waals surface area contributed by atoms with Crippen LogP contribution in [0.1, 0.15) is 18.4 Å². The Labute approximate surface area is 136 Å². The van der Waals surface area contributed by atoms with E-state index in [0.717, 1.165) is 30.1 Å². The molecule has 3 nitrogen and oxygen atoms in total. The number of nitrogens with one attached hydrogen (secondary N) is 1. The first-order valence-corrected chi connectivity index (χ1v) is 11.5. The minimum Gasteiger partial charge on any atom is -0.495 e. The molecule has 0 atom stereocenters. The van der Waals surface area contributed by atoms with Crippen LogP contribution in [0.4, 0.5) is 5.69 Å². The van der Waals surface area contributed by atoms with Crippen LogP contribution in [0.2, 0.25) is 19.6 Å². The molecule has 1 N–H and O–H groups in total. The average Bonchev–Trinajstić information content (AvgIpc) is 2.47. The fourth-order valence-electron chi connectivity index (χ4n) is 2.53. The van der Waals surface area contributed by atoms with Crippen LogP contribution in [0.15, 0.2) is 18.2 Å². The summed E-state index contributed by atoms with van der Waals surface area (Å²) in [4.78, 5) is 2.38. The maximum atomic E-state index is 5.52. The first-order valence-electron chi connectivity index (χ1n) is 8.04. The van der Waals surface area contributed by atoms with Crippen LogP contribution in [-0.4, -0.2) is 46.3 Å². The second-order valence-electron chi connectivity index (χ2n) is 7.14. The summed E-state index contributed by atoms with van der Waals surface area (Å²) in [5.41, 5.74) is 5.52. The van der Waals surface area contributed by atoms with Gasteiger partial charge in [0.2, 0.25) is 0 Å². The number of hydrogen-bond donors (Lipinski definition) is 1. The number of hydrogen-bond acceptors (Lipinski definition) is 3. The summed E-state index contributed by atoms with van der Waals surface area (Å²) in [5.74, 6) is 4.16. The molecular weight excluding hydrogens is 288 g/mol. The van der Waals surface area contributed by atoms with Gasteiger partial charge >= 0.3 is 0 Å². The van der Waals surface area contributed by atoms with E-state index < -0.39 is 8.07 Å². The van der Waals surface area contributed by atoms with E-state index in [1.165, 1.54) is 12.8 Å². The lowest BCUT2D eigenvalue weighted by Gasteiger charge is -2.30. The average molecular weight is 317 g/mol. The first kappa shape index (κ1) is 16.9. The van der Waals surface area contributed by atoms with E-state index in [2.05, 4.69) is 66.6 Å². The number of methoxy groups -OCH3 is 1. The van der Waals surface area contributed by atoms with E-state index >= 15 is 0 Å². The predicted octanol–water partition coefficient (Wildman–Crippen LogP) is 3.43. The van der Waals surface area contributed by atoms with Gasteiger partial charge in [-0.05, 0) is 45.1 Å². The van der Waals surface area contributed by atoms with Crippen molar-refractivity contribution >= 4 is 13.8 Å². The van der Waals surface area contributed by atoms with E-state index in [0.29, 0.717) is 6.04 Å². The molecule has 0 unspecified atom stereocenters. The highest BCUT2D eigenvalue weighted by molar-refractivity contribution is 6.83. The number of benzene rings is 1. The summed E-state index contributed by atoms with van der Waals surface area (Å²) in [5, 5.41) is 3.63. The fourth-order valence-corrected chi connectivity index (χ4v) is 3.04. The van der Waals surface area contributed by atoms with Crippen LogP contribution >= 0.6 is 0 Å². The van der Waals surface area contributed by atoms with Crippen molar-refractivity contribution in [3.05, 3.63) is 23.8 Å². The number of anilines is 1. The molecule has 1 aromatic rings. The molecule has 1 saturated heterocycles. The van der Waals surface area contributed by atoms with Crippen molar-refractivity contribution in [1.29, 1.82) is 0 Å². The highest BCUT2D eigenvalue weighted by atomic mass is 28.3. The summed E-state index contributed by atoms with van der Waals surface area (Å²) in [6.07, 6.45) is 2.38. The molecule has 0 radical (unpaired) electrons. The number of rotatable bonds is 3. The molecule has 0 amide bonds. The fraction of sp³-hybridized carbons (Fsp3) is 0.556. The second kappa shape index (κ2) is 7.21. The van der Waals surface area contributed by atoms with E-state index in [4.69, 9.17) is 4.74 Å². The highest BCUT2D eigenvalue weighted by Crippen LogP contribution is 2.24. The lowest BCUT2D eigenvalue weighted by atomic mass is 10.0. The zero-order chi connectivity index (χ0) is 16.2. The van der Waals surface area contributed by atoms with E-state index in [1.807, 2.05) is 0 Å². The van der Waals surface area contributed by atoms with Crippen LogP contribution in [0.25, 0.3) is 0 Å². The van der Waals surface area contributed by atoms with E-state index in [-0.39, 0.29) is 0 Å². The second-order valence-corrected chi connectivity index (χ2v) is 11.9. The molecule has 120 valence electrons. The first-order chi connectivity index (χ1) is 10.4. The Balaban J connectivity index is 2.09. The summed E-state index contributed by atoms with van der Waals surface area (Å²) in [6, 6.07) is 6.82. The van der Waals surface area contributed by atoms with E-state index in [1.54, 1.807) is 7.11 Å². The van der Waals surface area contributed by atoms with Crippen molar-refractivity contribution < 1.29 is 4.74 Å². The van der Waals surface area contributed by atoms with Crippen LogP contribution < -0.4 is 10.1 Å². The lowest BCUT2D eigenvalue weighted by molar-refractivity contribution is 0.264. The van der Waals surface area contributed by atoms with Crippen LogP contribution in [0.5, 0.6) is 5.75 Å². The monoisotopic (exact) mass is 316 g/mol. The Hall–Kier alpha value is -1.44. The number of ether oxygens (including phenoxy) is 1. The van der Waals surface area contributed by atoms with Gasteiger partial charge in [0.1, 0.15) is 13.8 Å². The molecule has 1 aliphatic heterocycles. The molecule has 0 aromatic heterocycles. The van der Waals surface area contributed by atoms with Gasteiger partial charge in [0.05, 0.1) is 12.7 Å². The molecule has 0 spiro atoms. The summed E-state index contributed by atoms with van der Waals surface area (Å²) < 4.78 is 5.52. The maximum absolute atomic E-state index is 5.52. The number of nitrogens with zero attached hydrogens (tertiary/aromatic N) is 1. The predicted molar refractivity (Wildman–Crippen MR) is 97.4 cm³/mol. The normalized spacial score (nSPS) is 16.8. The molecule has 2 rings (SSSR count). The van der Waals surface area contributed by atoms with E-state index in [9.17, 15) is 0 Å². The van der Waals surface area contributed by atoms with Crippen molar-refractivity contribution in [1.82, 2.24) is 4.90 Å². The minimum atomic E-state index is -1.37. The Morgan fingerprint density at radius 1 is 1.23 bits per heavy atom. The van der Waals surface area contributed by atoms with Crippen molar-refractivity contribution in [2.45, 2.75) is 38.5 Å². The van der Waals surface area contributed by atoms with Gasteiger partial charge in [-0.25, -0.2) is 0 Å². The van der Waals surface area contributed by atoms with Crippen LogP contribution in [0.3, 0.4) is 0 Å². The molecule has 0 saturated carbocycles. The third-order valence-corrected chi connectivity index (χ3v) is 4.74. The van der Waals surface area contributed by atoms with Gasteiger partial charge in [-0.1, -0.05) is 25.6 Å². The Kier molecular flexibility index (Phi) is 5.55. The summed E-state index contributed by atoms with van der Waals surface area (Å²) in [7, 11) is 2.53. The van der Waals surface area contributed by atoms with Crippen molar-refractivity contribution in [3.63, 3.8) is 0 Å². The van der Waals surface area contributed by atoms with Crippen molar-refractivity contribution in [2.24, 2.45) is 0 Å². The van der Waals surface area contributed by atoms with Gasteiger partial charge < -0.3 is 15.0 Å². The summed E-state index contributed by atoms with van der Waals surface area (Å²) in [6.45, 7) is 9.08. The molecule has 0 bridgehead atoms. The molecule has 1 heterocycles. The van der Waals surface area contributed by atoms with Gasteiger partial charge in [0.15, 0.2) is 0 Å². The van der Waals surface area contributed by atoms with Gasteiger partial charge in [-0.3, -0.25) is 0 Å². The lowest BCUT2D eigenvalue weighted by Crippen LogP contribution is -2.36. The molecular formula is C18H28N2OSi. The van der Waals surface area contributed by atoms with Gasteiger partial charge in [0, 0.05) is 17.8 Å². The summed E-state index contributed by atoms with van der Waals surface area (Å²) >= 11 is 0. The Bertz CT molecular complexity index is 561. The Morgan fingerprint density at radius 3 is 2.50 bits per heavy atom. The minimum absolute atomic E-state index is 0.555. The molecule has 1 aliphatic rings. The number of piperidine rings is 1. The zero-order valence-electron chi connectivity index (χ0n) is 14.5. The maximum Gasteiger partial charge on any atom is 0.136 e. The topological polar surface area (TPSA) is 24.5 Å². The molecule has 22 heavy (non-hydrogen) atoms. The van der Waals surface area contributed by atoms with Crippen LogP contribution in [0, 0.1) is 11.5 Å². The quantitative estimate of drug-likeness (QED) is 0.683. The third-order valence-electron chi connectivity index (χ3n) is 3.86. The SMILES string of the molecule is COc1cc(NC2CCN(C)CC2)ccc1C#C[Si](C)(C)C. The molecule has 4 heteroatoms. The highest BCUT2D eigenvalue weighted by Gasteiger charge is 2.16. The molecule has 1 aromatic carbocycles. The third kappa shape index (κ3) is 5.08. The molecule has 0 aliphatic carbocycles. The van der Waals surface area contributed by atoms with Crippen molar-refractivity contribution in [2.75, 3.05) is 32.6 Å². The standard InChI is InChI=1S/C18H28N2OSi/c1-20-11-8-16(9-12-20)19-17-7-6-15(18(14-17)21-2)10-13-22(3,4)5/h6-7,14,16,19H,8-9,11-12H2,1-5H3. The van der Waals surface area contributed by atoms with Crippen LogP contribution in [-0.2, 0) is 0 Å². The zero-order valence-corrected chi connectivity index (χ0v) is 15.5.